The zero-order chi connectivity index (χ0) is 22.8. The van der Waals surface area contributed by atoms with Gasteiger partial charge in [0.1, 0.15) is 11.6 Å². The third-order valence-electron chi connectivity index (χ3n) is 5.18. The van der Waals surface area contributed by atoms with Gasteiger partial charge in [-0.2, -0.15) is 0 Å². The molecule has 0 fully saturated rings. The van der Waals surface area contributed by atoms with Gasteiger partial charge in [-0.15, -0.1) is 11.3 Å². The van der Waals surface area contributed by atoms with Gasteiger partial charge in [0.05, 0.1) is 16.5 Å². The molecule has 4 rings (SSSR count). The molecule has 7 nitrogen and oxygen atoms in total. The molecule has 0 amide bonds. The monoisotopic (exact) mass is 447 g/mol. The first-order valence-electron chi connectivity index (χ1n) is 10.3. The quantitative estimate of drug-likeness (QED) is 0.284. The lowest BCUT2D eigenvalue weighted by Crippen LogP contribution is -2.11. The average molecular weight is 448 g/mol. The topological polar surface area (TPSA) is 84.2 Å². The van der Waals surface area contributed by atoms with Crippen molar-refractivity contribution in [1.29, 1.82) is 0 Å². The van der Waals surface area contributed by atoms with Crippen LogP contribution in [0.4, 0.5) is 11.5 Å². The van der Waals surface area contributed by atoms with Gasteiger partial charge in [0.15, 0.2) is 0 Å². The normalized spacial score (nSPS) is 12.3. The fourth-order valence-electron chi connectivity index (χ4n) is 3.70. The molecule has 1 atom stereocenters. The highest BCUT2D eigenvalue weighted by molar-refractivity contribution is 7.15. The van der Waals surface area contributed by atoms with E-state index >= 15 is 0 Å². The van der Waals surface area contributed by atoms with E-state index in [1.807, 2.05) is 6.92 Å². The van der Waals surface area contributed by atoms with Crippen LogP contribution in [0.25, 0.3) is 21.3 Å². The number of nitro benzene ring substituents is 1. The van der Waals surface area contributed by atoms with Crippen molar-refractivity contribution < 1.29 is 4.92 Å². The standard InChI is InChI=1S/C24H25N5O2S/c1-15(22-11-12-23(32-22)19-8-6-5-7-17(19)14-28(3)4)25-24-20-13-18(29(30)31)9-10-21(20)26-16(2)27-24/h5-13,15H,14H2,1-4H3,(H,25,26,27). The van der Waals surface area contributed by atoms with Gasteiger partial charge in [-0.25, -0.2) is 9.97 Å². The minimum Gasteiger partial charge on any atom is -0.362 e. The summed E-state index contributed by atoms with van der Waals surface area (Å²) in [7, 11) is 4.14. The molecule has 1 unspecified atom stereocenters. The van der Waals surface area contributed by atoms with Crippen molar-refractivity contribution in [2.24, 2.45) is 0 Å². The molecule has 2 aromatic carbocycles. The molecule has 1 N–H and O–H groups in total. The maximum atomic E-state index is 11.2. The van der Waals surface area contributed by atoms with Crippen molar-refractivity contribution >= 4 is 33.7 Å². The predicted molar refractivity (Wildman–Crippen MR) is 130 cm³/mol. The van der Waals surface area contributed by atoms with Crippen molar-refractivity contribution in [3.63, 3.8) is 0 Å². The van der Waals surface area contributed by atoms with Crippen LogP contribution in [0.2, 0.25) is 0 Å². The molecule has 0 aliphatic heterocycles. The zero-order valence-electron chi connectivity index (χ0n) is 18.5. The summed E-state index contributed by atoms with van der Waals surface area (Å²) in [6.07, 6.45) is 0. The number of rotatable bonds is 7. The van der Waals surface area contributed by atoms with Crippen LogP contribution in [-0.4, -0.2) is 33.9 Å². The van der Waals surface area contributed by atoms with E-state index in [1.54, 1.807) is 17.4 Å². The number of nitrogens with one attached hydrogen (secondary N) is 1. The minimum atomic E-state index is -0.400. The molecule has 8 heteroatoms. The van der Waals surface area contributed by atoms with Gasteiger partial charge < -0.3 is 10.2 Å². The Labute approximate surface area is 190 Å². The van der Waals surface area contributed by atoms with Gasteiger partial charge in [-0.05, 0) is 57.3 Å². The number of hydrogen-bond donors (Lipinski definition) is 1. The lowest BCUT2D eigenvalue weighted by molar-refractivity contribution is -0.384. The molecule has 0 radical (unpaired) electrons. The molecule has 0 spiro atoms. The number of anilines is 1. The van der Waals surface area contributed by atoms with Crippen LogP contribution >= 0.6 is 11.3 Å². The first-order chi connectivity index (χ1) is 15.3. The van der Waals surface area contributed by atoms with E-state index in [9.17, 15) is 10.1 Å². The Morgan fingerprint density at radius 1 is 1.12 bits per heavy atom. The molecule has 4 aromatic rings. The number of nitro groups is 1. The number of benzene rings is 2. The first kappa shape index (κ1) is 21.9. The summed E-state index contributed by atoms with van der Waals surface area (Å²) in [4.78, 5) is 24.3. The molecule has 0 bridgehead atoms. The summed E-state index contributed by atoms with van der Waals surface area (Å²) < 4.78 is 0. The molecule has 0 saturated carbocycles. The second-order valence-electron chi connectivity index (χ2n) is 8.04. The number of fused-ring (bicyclic) bond motifs is 1. The number of aromatic nitrogens is 2. The highest BCUT2D eigenvalue weighted by Gasteiger charge is 2.16. The van der Waals surface area contributed by atoms with E-state index in [0.29, 0.717) is 22.5 Å². The third kappa shape index (κ3) is 4.61. The highest BCUT2D eigenvalue weighted by Crippen LogP contribution is 2.35. The fraction of sp³-hybridized carbons (Fsp3) is 0.250. The van der Waals surface area contributed by atoms with Crippen LogP contribution < -0.4 is 5.32 Å². The smallest absolute Gasteiger partial charge is 0.270 e. The van der Waals surface area contributed by atoms with Gasteiger partial charge in [0, 0.05) is 33.8 Å². The minimum absolute atomic E-state index is 0.0217. The molecule has 0 saturated heterocycles. The summed E-state index contributed by atoms with van der Waals surface area (Å²) in [5, 5.41) is 15.3. The largest absolute Gasteiger partial charge is 0.362 e. The van der Waals surface area contributed by atoms with Crippen LogP contribution in [0, 0.1) is 17.0 Å². The zero-order valence-corrected chi connectivity index (χ0v) is 19.3. The Morgan fingerprint density at radius 3 is 2.66 bits per heavy atom. The number of thiophene rings is 1. The van der Waals surface area contributed by atoms with E-state index in [4.69, 9.17) is 0 Å². The van der Waals surface area contributed by atoms with Gasteiger partial charge in [-0.3, -0.25) is 10.1 Å². The van der Waals surface area contributed by atoms with Crippen LogP contribution in [0.5, 0.6) is 0 Å². The second kappa shape index (κ2) is 9.02. The molecular formula is C24H25N5O2S. The van der Waals surface area contributed by atoms with Crippen molar-refractivity contribution in [2.75, 3.05) is 19.4 Å². The molecule has 164 valence electrons. The maximum absolute atomic E-state index is 11.2. The maximum Gasteiger partial charge on any atom is 0.270 e. The molecule has 0 aliphatic carbocycles. The lowest BCUT2D eigenvalue weighted by Gasteiger charge is -2.15. The summed E-state index contributed by atoms with van der Waals surface area (Å²) in [6, 6.07) is 17.4. The Hall–Kier alpha value is -3.36. The summed E-state index contributed by atoms with van der Waals surface area (Å²) in [5.74, 6) is 1.22. The Bertz CT molecular complexity index is 1280. The fourth-order valence-corrected chi connectivity index (χ4v) is 4.77. The second-order valence-corrected chi connectivity index (χ2v) is 9.16. The Balaban J connectivity index is 1.64. The van der Waals surface area contributed by atoms with Crippen LogP contribution in [0.3, 0.4) is 0 Å². The average Bonchev–Trinajstić information content (AvgIpc) is 3.23. The molecule has 2 aromatic heterocycles. The predicted octanol–water partition coefficient (Wildman–Crippen LogP) is 5.81. The van der Waals surface area contributed by atoms with E-state index in [1.165, 1.54) is 28.1 Å². The highest BCUT2D eigenvalue weighted by atomic mass is 32.1. The summed E-state index contributed by atoms with van der Waals surface area (Å²) >= 11 is 1.74. The van der Waals surface area contributed by atoms with E-state index < -0.39 is 4.92 Å². The number of hydrogen-bond acceptors (Lipinski definition) is 7. The van der Waals surface area contributed by atoms with Crippen molar-refractivity contribution in [3.8, 4) is 10.4 Å². The molecular weight excluding hydrogens is 422 g/mol. The van der Waals surface area contributed by atoms with E-state index in [0.717, 1.165) is 11.4 Å². The third-order valence-corrected chi connectivity index (χ3v) is 6.48. The van der Waals surface area contributed by atoms with Gasteiger partial charge in [0.25, 0.3) is 5.69 Å². The van der Waals surface area contributed by atoms with Gasteiger partial charge in [-0.1, -0.05) is 24.3 Å². The van der Waals surface area contributed by atoms with Crippen molar-refractivity contribution in [2.45, 2.75) is 26.4 Å². The van der Waals surface area contributed by atoms with Crippen LogP contribution in [-0.2, 0) is 6.54 Å². The number of aryl methyl sites for hydroxylation is 1. The van der Waals surface area contributed by atoms with Crippen molar-refractivity contribution in [1.82, 2.24) is 14.9 Å². The Morgan fingerprint density at radius 2 is 1.91 bits per heavy atom. The van der Waals surface area contributed by atoms with E-state index in [2.05, 4.69) is 77.6 Å². The first-order valence-corrected chi connectivity index (χ1v) is 11.2. The summed E-state index contributed by atoms with van der Waals surface area (Å²) in [6.45, 7) is 4.77. The van der Waals surface area contributed by atoms with Crippen molar-refractivity contribution in [3.05, 3.63) is 81.0 Å². The molecule has 2 heterocycles. The molecule has 0 aliphatic rings. The summed E-state index contributed by atoms with van der Waals surface area (Å²) in [5.41, 5.74) is 3.23. The van der Waals surface area contributed by atoms with E-state index in [-0.39, 0.29) is 11.7 Å². The molecule has 32 heavy (non-hydrogen) atoms. The lowest BCUT2D eigenvalue weighted by atomic mass is 10.1. The SMILES string of the molecule is Cc1nc(NC(C)c2ccc(-c3ccccc3CN(C)C)s2)c2cc([N+](=O)[O-])ccc2n1. The Kier molecular flexibility index (Phi) is 6.16. The van der Waals surface area contributed by atoms with Gasteiger partial charge in [0.2, 0.25) is 0 Å². The number of non-ortho nitro benzene ring substituents is 1. The van der Waals surface area contributed by atoms with Gasteiger partial charge >= 0.3 is 0 Å². The van der Waals surface area contributed by atoms with Crippen LogP contribution in [0.15, 0.2) is 54.6 Å². The van der Waals surface area contributed by atoms with Crippen LogP contribution in [0.1, 0.15) is 29.2 Å². The number of nitrogens with zero attached hydrogens (tertiary/aromatic N) is 4.